The predicted octanol–water partition coefficient (Wildman–Crippen LogP) is 5.10. The molecule has 1 aliphatic heterocycles. The molecule has 0 spiro atoms. The van der Waals surface area contributed by atoms with E-state index in [-0.39, 0.29) is 43.8 Å². The fraction of sp³-hybridized carbons (Fsp3) is 0.444. The minimum absolute atomic E-state index is 0.0442. The Morgan fingerprint density at radius 3 is 2.36 bits per heavy atom. The van der Waals surface area contributed by atoms with E-state index in [9.17, 15) is 18.0 Å². The van der Waals surface area contributed by atoms with Crippen LogP contribution in [0.25, 0.3) is 0 Å². The average molecular weight is 664 g/mol. The highest BCUT2D eigenvalue weighted by Crippen LogP contribution is 2.35. The lowest BCUT2D eigenvalue weighted by atomic mass is 9.94. The van der Waals surface area contributed by atoms with Crippen molar-refractivity contribution in [3.05, 3.63) is 83.9 Å². The van der Waals surface area contributed by atoms with Crippen LogP contribution in [-0.2, 0) is 32.6 Å². The molecule has 47 heavy (non-hydrogen) atoms. The number of benzene rings is 3. The molecule has 1 N–H and O–H groups in total. The summed E-state index contributed by atoms with van der Waals surface area (Å²) in [4.78, 5) is 29.9. The number of nitrogens with zero attached hydrogens (tertiary/aromatic N) is 2. The minimum atomic E-state index is -3.67. The normalized spacial score (nSPS) is 15.4. The Balaban J connectivity index is 1.39. The van der Waals surface area contributed by atoms with E-state index in [2.05, 4.69) is 5.32 Å². The number of rotatable bonds is 14. The van der Waals surface area contributed by atoms with Crippen molar-refractivity contribution in [1.82, 2.24) is 10.2 Å². The van der Waals surface area contributed by atoms with Crippen LogP contribution in [0.3, 0.4) is 0 Å². The molecule has 11 heteroatoms. The van der Waals surface area contributed by atoms with Gasteiger partial charge in [0.05, 0.1) is 19.1 Å². The fourth-order valence-corrected chi connectivity index (χ4v) is 7.21. The molecule has 5 rings (SSSR count). The first-order valence-electron chi connectivity index (χ1n) is 16.4. The van der Waals surface area contributed by atoms with Gasteiger partial charge in [-0.3, -0.25) is 13.9 Å². The van der Waals surface area contributed by atoms with Gasteiger partial charge in [0, 0.05) is 38.0 Å². The lowest BCUT2D eigenvalue weighted by Crippen LogP contribution is -2.52. The number of nitrogens with one attached hydrogen (secondary N) is 1. The lowest BCUT2D eigenvalue weighted by Gasteiger charge is -2.34. The molecule has 2 amide bonds. The molecule has 1 saturated carbocycles. The zero-order valence-corrected chi connectivity index (χ0v) is 28.0. The smallest absolute Gasteiger partial charge is 0.243 e. The molecular formula is C36H45N3O7S. The average Bonchev–Trinajstić information content (AvgIpc) is 3.08. The predicted molar refractivity (Wildman–Crippen MR) is 181 cm³/mol. The van der Waals surface area contributed by atoms with E-state index in [1.807, 2.05) is 54.6 Å². The second kappa shape index (κ2) is 16.0. The lowest BCUT2D eigenvalue weighted by molar-refractivity contribution is -0.141. The third-order valence-corrected chi connectivity index (χ3v) is 9.87. The number of ether oxygens (including phenoxy) is 3. The SMILES string of the molecule is COc1cccc(CN(C(=O)CCCN(c2ccc3c(c2)OCCO3)S(C)(=O)=O)[C@@H](Cc2ccccc2)C(=O)NC2CCCCC2)c1. The summed E-state index contributed by atoms with van der Waals surface area (Å²) < 4.78 is 43.8. The largest absolute Gasteiger partial charge is 0.497 e. The Labute approximate surface area is 278 Å². The molecule has 0 bridgehead atoms. The number of carbonyl (C=O) groups is 2. The fourth-order valence-electron chi connectivity index (χ4n) is 6.26. The first-order valence-corrected chi connectivity index (χ1v) is 18.2. The van der Waals surface area contributed by atoms with E-state index in [4.69, 9.17) is 14.2 Å². The maximum atomic E-state index is 14.2. The van der Waals surface area contributed by atoms with E-state index in [1.54, 1.807) is 30.2 Å². The van der Waals surface area contributed by atoms with Gasteiger partial charge in [0.15, 0.2) is 11.5 Å². The minimum Gasteiger partial charge on any atom is -0.497 e. The molecule has 3 aromatic rings. The summed E-state index contributed by atoms with van der Waals surface area (Å²) in [6, 6.07) is 21.5. The quantitative estimate of drug-likeness (QED) is 0.255. The molecular weight excluding hydrogens is 618 g/mol. The maximum Gasteiger partial charge on any atom is 0.243 e. The van der Waals surface area contributed by atoms with Crippen LogP contribution in [0.4, 0.5) is 5.69 Å². The van der Waals surface area contributed by atoms with Gasteiger partial charge in [-0.2, -0.15) is 0 Å². The van der Waals surface area contributed by atoms with Crippen molar-refractivity contribution in [2.45, 2.75) is 70.0 Å². The number of carbonyl (C=O) groups excluding carboxylic acids is 2. The number of methoxy groups -OCH3 is 1. The molecule has 10 nitrogen and oxygen atoms in total. The molecule has 1 heterocycles. The van der Waals surface area contributed by atoms with Gasteiger partial charge in [0.25, 0.3) is 0 Å². The molecule has 252 valence electrons. The molecule has 2 aliphatic rings. The van der Waals surface area contributed by atoms with Gasteiger partial charge in [-0.1, -0.05) is 61.7 Å². The third kappa shape index (κ3) is 9.41. The van der Waals surface area contributed by atoms with Gasteiger partial charge >= 0.3 is 0 Å². The molecule has 1 aliphatic carbocycles. The number of sulfonamides is 1. The van der Waals surface area contributed by atoms with Crippen LogP contribution in [0.15, 0.2) is 72.8 Å². The van der Waals surface area contributed by atoms with Crippen molar-refractivity contribution in [2.24, 2.45) is 0 Å². The van der Waals surface area contributed by atoms with Crippen LogP contribution in [0.1, 0.15) is 56.1 Å². The van der Waals surface area contributed by atoms with E-state index < -0.39 is 16.1 Å². The van der Waals surface area contributed by atoms with Crippen LogP contribution >= 0.6 is 0 Å². The Morgan fingerprint density at radius 1 is 0.915 bits per heavy atom. The summed E-state index contributed by atoms with van der Waals surface area (Å²) in [5, 5.41) is 3.26. The first kappa shape index (κ1) is 34.1. The Hall–Kier alpha value is -4.25. The van der Waals surface area contributed by atoms with Crippen LogP contribution in [0.5, 0.6) is 17.2 Å². The van der Waals surface area contributed by atoms with Crippen molar-refractivity contribution in [3.63, 3.8) is 0 Å². The van der Waals surface area contributed by atoms with Crippen molar-refractivity contribution in [3.8, 4) is 17.2 Å². The standard InChI is InChI=1S/C36H45N3O7S/c1-44-31-16-9-13-28(23-31)26-38(32(24-27-11-5-3-6-12-27)36(41)37-29-14-7-4-8-15-29)35(40)17-10-20-39(47(2,42)43)30-18-19-33-34(25-30)46-22-21-45-33/h3,5-6,9,11-13,16,18-19,23,25,29,32H,4,7-8,10,14-15,17,20-22,24,26H2,1-2H3,(H,37,41)/t32-/m0/s1. The zero-order chi connectivity index (χ0) is 33.2. The van der Waals surface area contributed by atoms with Crippen LogP contribution in [-0.4, -0.2) is 70.3 Å². The van der Waals surface area contributed by atoms with Gasteiger partial charge in [-0.15, -0.1) is 0 Å². The van der Waals surface area contributed by atoms with Gasteiger partial charge in [-0.05, 0) is 54.7 Å². The molecule has 0 radical (unpaired) electrons. The van der Waals surface area contributed by atoms with Gasteiger partial charge in [-0.25, -0.2) is 8.42 Å². The Kier molecular flexibility index (Phi) is 11.6. The van der Waals surface area contributed by atoms with E-state index in [0.717, 1.165) is 49.5 Å². The Bertz CT molecular complexity index is 1610. The topological polar surface area (TPSA) is 114 Å². The maximum absolute atomic E-state index is 14.2. The zero-order valence-electron chi connectivity index (χ0n) is 27.2. The molecule has 0 unspecified atom stereocenters. The summed E-state index contributed by atoms with van der Waals surface area (Å²) in [6.45, 7) is 1.09. The summed E-state index contributed by atoms with van der Waals surface area (Å²) >= 11 is 0. The third-order valence-electron chi connectivity index (χ3n) is 8.68. The molecule has 3 aromatic carbocycles. The monoisotopic (exact) mass is 663 g/mol. The summed E-state index contributed by atoms with van der Waals surface area (Å²) in [6.07, 6.45) is 6.94. The molecule has 1 fully saturated rings. The van der Waals surface area contributed by atoms with Crippen molar-refractivity contribution in [1.29, 1.82) is 0 Å². The number of fused-ring (bicyclic) bond motifs is 1. The second-order valence-electron chi connectivity index (χ2n) is 12.2. The van der Waals surface area contributed by atoms with Crippen LogP contribution < -0.4 is 23.8 Å². The number of anilines is 1. The summed E-state index contributed by atoms with van der Waals surface area (Å²) in [5.74, 6) is 1.29. The van der Waals surface area contributed by atoms with Crippen LogP contribution in [0, 0.1) is 0 Å². The second-order valence-corrected chi connectivity index (χ2v) is 14.1. The van der Waals surface area contributed by atoms with E-state index in [1.165, 1.54) is 4.31 Å². The number of hydrogen-bond acceptors (Lipinski definition) is 7. The van der Waals surface area contributed by atoms with Crippen molar-refractivity contribution >= 4 is 27.5 Å². The molecule has 1 atom stereocenters. The van der Waals surface area contributed by atoms with Gasteiger partial charge < -0.3 is 24.4 Å². The van der Waals surface area contributed by atoms with Gasteiger partial charge in [0.2, 0.25) is 21.8 Å². The van der Waals surface area contributed by atoms with Crippen molar-refractivity contribution < 1.29 is 32.2 Å². The van der Waals surface area contributed by atoms with E-state index >= 15 is 0 Å². The first-order chi connectivity index (χ1) is 22.7. The molecule has 0 aromatic heterocycles. The van der Waals surface area contributed by atoms with Gasteiger partial charge in [0.1, 0.15) is 25.0 Å². The van der Waals surface area contributed by atoms with E-state index in [0.29, 0.717) is 42.6 Å². The summed E-state index contributed by atoms with van der Waals surface area (Å²) in [7, 11) is -2.08. The highest BCUT2D eigenvalue weighted by atomic mass is 32.2. The number of hydrogen-bond donors (Lipinski definition) is 1. The Morgan fingerprint density at radius 2 is 1.64 bits per heavy atom. The highest BCUT2D eigenvalue weighted by Gasteiger charge is 2.32. The molecule has 0 saturated heterocycles. The number of amides is 2. The summed E-state index contributed by atoms with van der Waals surface area (Å²) in [5.41, 5.74) is 2.21. The highest BCUT2D eigenvalue weighted by molar-refractivity contribution is 7.92. The van der Waals surface area contributed by atoms with Crippen molar-refractivity contribution in [2.75, 3.05) is 37.4 Å². The van der Waals surface area contributed by atoms with Crippen LogP contribution in [0.2, 0.25) is 0 Å².